The number of benzene rings is 1. The van der Waals surface area contributed by atoms with Gasteiger partial charge in [0, 0.05) is 12.1 Å². The van der Waals surface area contributed by atoms with E-state index in [-0.39, 0.29) is 0 Å². The molecular weight excluding hydrogens is 252 g/mol. The SMILES string of the molecule is c1ccc2c(c1)CC(Nc1nnc(CNC3CC3)o1)C2. The lowest BCUT2D eigenvalue weighted by Gasteiger charge is -2.08. The molecule has 0 radical (unpaired) electrons. The smallest absolute Gasteiger partial charge is 0.315 e. The summed E-state index contributed by atoms with van der Waals surface area (Å²) >= 11 is 0. The van der Waals surface area contributed by atoms with Crippen molar-refractivity contribution in [3.05, 3.63) is 41.3 Å². The summed E-state index contributed by atoms with van der Waals surface area (Å²) in [6.07, 6.45) is 4.57. The predicted molar refractivity (Wildman–Crippen MR) is 75.4 cm³/mol. The summed E-state index contributed by atoms with van der Waals surface area (Å²) in [5.41, 5.74) is 2.83. The zero-order chi connectivity index (χ0) is 13.4. The Kier molecular flexibility index (Phi) is 2.92. The number of hydrogen-bond donors (Lipinski definition) is 2. The van der Waals surface area contributed by atoms with E-state index in [9.17, 15) is 0 Å². The minimum absolute atomic E-state index is 0.358. The van der Waals surface area contributed by atoms with E-state index < -0.39 is 0 Å². The van der Waals surface area contributed by atoms with Crippen molar-refractivity contribution in [1.82, 2.24) is 15.5 Å². The summed E-state index contributed by atoms with van der Waals surface area (Å²) < 4.78 is 5.63. The molecule has 0 amide bonds. The third-order valence-corrected chi connectivity index (χ3v) is 3.96. The quantitative estimate of drug-likeness (QED) is 0.869. The summed E-state index contributed by atoms with van der Waals surface area (Å²) in [4.78, 5) is 0. The van der Waals surface area contributed by atoms with Gasteiger partial charge in [-0.15, -0.1) is 5.10 Å². The number of hydrogen-bond acceptors (Lipinski definition) is 5. The first-order chi connectivity index (χ1) is 9.87. The van der Waals surface area contributed by atoms with E-state index in [1.165, 1.54) is 24.0 Å². The van der Waals surface area contributed by atoms with Gasteiger partial charge >= 0.3 is 6.01 Å². The van der Waals surface area contributed by atoms with Gasteiger partial charge in [0.1, 0.15) is 0 Å². The van der Waals surface area contributed by atoms with E-state index in [4.69, 9.17) is 4.42 Å². The van der Waals surface area contributed by atoms with Crippen molar-refractivity contribution in [1.29, 1.82) is 0 Å². The molecule has 5 nitrogen and oxygen atoms in total. The Morgan fingerprint density at radius 2 is 1.80 bits per heavy atom. The van der Waals surface area contributed by atoms with E-state index in [2.05, 4.69) is 45.1 Å². The van der Waals surface area contributed by atoms with Crippen molar-refractivity contribution >= 4 is 6.01 Å². The van der Waals surface area contributed by atoms with Crippen LogP contribution in [0.25, 0.3) is 0 Å². The van der Waals surface area contributed by atoms with Crippen LogP contribution >= 0.6 is 0 Å². The minimum Gasteiger partial charge on any atom is -0.407 e. The van der Waals surface area contributed by atoms with Gasteiger partial charge in [0.25, 0.3) is 0 Å². The fraction of sp³-hybridized carbons (Fsp3) is 0.467. The first-order valence-corrected chi connectivity index (χ1v) is 7.26. The van der Waals surface area contributed by atoms with E-state index >= 15 is 0 Å². The molecule has 1 saturated carbocycles. The van der Waals surface area contributed by atoms with Gasteiger partial charge in [-0.05, 0) is 36.8 Å². The van der Waals surface area contributed by atoms with Crippen molar-refractivity contribution in [2.24, 2.45) is 0 Å². The van der Waals surface area contributed by atoms with Crippen molar-refractivity contribution < 1.29 is 4.42 Å². The number of nitrogens with one attached hydrogen (secondary N) is 2. The molecule has 4 rings (SSSR count). The highest BCUT2D eigenvalue weighted by atomic mass is 16.4. The average molecular weight is 270 g/mol. The van der Waals surface area contributed by atoms with Crippen LogP contribution in [0.1, 0.15) is 29.9 Å². The molecule has 1 aromatic carbocycles. The Hall–Kier alpha value is -1.88. The Morgan fingerprint density at radius 3 is 2.50 bits per heavy atom. The molecule has 2 aliphatic rings. The highest BCUT2D eigenvalue weighted by Gasteiger charge is 2.23. The van der Waals surface area contributed by atoms with Gasteiger partial charge in [-0.1, -0.05) is 29.4 Å². The lowest BCUT2D eigenvalue weighted by molar-refractivity contribution is 0.472. The van der Waals surface area contributed by atoms with Crippen molar-refractivity contribution in [3.63, 3.8) is 0 Å². The number of nitrogens with zero attached hydrogens (tertiary/aromatic N) is 2. The molecule has 2 aromatic rings. The highest BCUT2D eigenvalue weighted by molar-refractivity contribution is 5.37. The molecule has 2 N–H and O–H groups in total. The molecule has 1 aromatic heterocycles. The lowest BCUT2D eigenvalue weighted by atomic mass is 10.1. The van der Waals surface area contributed by atoms with Gasteiger partial charge < -0.3 is 15.1 Å². The first-order valence-electron chi connectivity index (χ1n) is 7.26. The molecule has 0 atom stereocenters. The molecule has 1 heterocycles. The molecule has 2 aliphatic carbocycles. The summed E-state index contributed by atoms with van der Waals surface area (Å²) in [7, 11) is 0. The summed E-state index contributed by atoms with van der Waals surface area (Å²) in [5.74, 6) is 0.662. The van der Waals surface area contributed by atoms with E-state index in [0.717, 1.165) is 12.8 Å². The Bertz CT molecular complexity index is 580. The van der Waals surface area contributed by atoms with Crippen LogP contribution in [0.2, 0.25) is 0 Å². The van der Waals surface area contributed by atoms with Gasteiger partial charge in [0.2, 0.25) is 5.89 Å². The van der Waals surface area contributed by atoms with Crippen LogP contribution in [-0.2, 0) is 19.4 Å². The predicted octanol–water partition coefficient (Wildman–Crippen LogP) is 1.90. The van der Waals surface area contributed by atoms with Crippen LogP contribution in [0.15, 0.2) is 28.7 Å². The van der Waals surface area contributed by atoms with Crippen LogP contribution < -0.4 is 10.6 Å². The molecule has 0 bridgehead atoms. The monoisotopic (exact) mass is 270 g/mol. The molecule has 0 spiro atoms. The van der Waals surface area contributed by atoms with E-state index in [1.807, 2.05) is 0 Å². The van der Waals surface area contributed by atoms with Crippen molar-refractivity contribution in [2.75, 3.05) is 5.32 Å². The Labute approximate surface area is 117 Å². The van der Waals surface area contributed by atoms with Crippen LogP contribution in [-0.4, -0.2) is 22.3 Å². The zero-order valence-corrected chi connectivity index (χ0v) is 11.3. The van der Waals surface area contributed by atoms with Crippen LogP contribution in [0.4, 0.5) is 6.01 Å². The highest BCUT2D eigenvalue weighted by Crippen LogP contribution is 2.24. The number of fused-ring (bicyclic) bond motifs is 1. The number of aromatic nitrogens is 2. The fourth-order valence-electron chi connectivity index (χ4n) is 2.74. The molecule has 0 unspecified atom stereocenters. The van der Waals surface area contributed by atoms with Gasteiger partial charge in [-0.2, -0.15) is 0 Å². The van der Waals surface area contributed by atoms with E-state index in [1.54, 1.807) is 0 Å². The molecule has 0 aliphatic heterocycles. The minimum atomic E-state index is 0.358. The normalized spacial score (nSPS) is 18.2. The van der Waals surface area contributed by atoms with Crippen molar-refractivity contribution in [3.8, 4) is 0 Å². The number of anilines is 1. The largest absolute Gasteiger partial charge is 0.407 e. The molecule has 1 fully saturated rings. The number of rotatable bonds is 5. The summed E-state index contributed by atoms with van der Waals surface area (Å²) in [6.45, 7) is 0.671. The molecule has 20 heavy (non-hydrogen) atoms. The van der Waals surface area contributed by atoms with Crippen LogP contribution in [0.3, 0.4) is 0 Å². The van der Waals surface area contributed by atoms with Gasteiger partial charge in [0.05, 0.1) is 6.54 Å². The maximum absolute atomic E-state index is 5.63. The van der Waals surface area contributed by atoms with Gasteiger partial charge in [-0.3, -0.25) is 0 Å². The van der Waals surface area contributed by atoms with Gasteiger partial charge in [-0.25, -0.2) is 0 Å². The molecule has 5 heteroatoms. The maximum Gasteiger partial charge on any atom is 0.315 e. The zero-order valence-electron chi connectivity index (χ0n) is 11.3. The average Bonchev–Trinajstić information content (AvgIpc) is 3.04. The fourth-order valence-corrected chi connectivity index (χ4v) is 2.74. The van der Waals surface area contributed by atoms with Crippen LogP contribution in [0, 0.1) is 0 Å². The first kappa shape index (κ1) is 11.9. The lowest BCUT2D eigenvalue weighted by Crippen LogP contribution is -2.19. The summed E-state index contributed by atoms with van der Waals surface area (Å²) in [6, 6.07) is 10.1. The standard InChI is InChI=1S/C15H18N4O/c1-2-4-11-8-13(7-10(11)3-1)17-15-19-18-14(20-15)9-16-12-5-6-12/h1-4,12-13,16H,5-9H2,(H,17,19). The summed E-state index contributed by atoms with van der Waals surface area (Å²) in [5, 5.41) is 14.9. The second-order valence-electron chi connectivity index (χ2n) is 5.67. The Morgan fingerprint density at radius 1 is 1.05 bits per heavy atom. The molecule has 104 valence electrons. The molecular formula is C15H18N4O. The Balaban J connectivity index is 1.35. The topological polar surface area (TPSA) is 63.0 Å². The van der Waals surface area contributed by atoms with Gasteiger partial charge in [0.15, 0.2) is 0 Å². The third-order valence-electron chi connectivity index (χ3n) is 3.96. The second kappa shape index (κ2) is 4.90. The second-order valence-corrected chi connectivity index (χ2v) is 5.67. The third kappa shape index (κ3) is 2.54. The van der Waals surface area contributed by atoms with Crippen LogP contribution in [0.5, 0.6) is 0 Å². The van der Waals surface area contributed by atoms with E-state index in [0.29, 0.717) is 30.5 Å². The maximum atomic E-state index is 5.63. The molecule has 0 saturated heterocycles. The van der Waals surface area contributed by atoms with Crippen molar-refractivity contribution in [2.45, 2.75) is 44.3 Å².